The van der Waals surface area contributed by atoms with E-state index in [1.54, 1.807) is 0 Å². The highest BCUT2D eigenvalue weighted by Gasteiger charge is 2.20. The highest BCUT2D eigenvalue weighted by Crippen LogP contribution is 2.43. The van der Waals surface area contributed by atoms with E-state index in [0.29, 0.717) is 5.69 Å². The van der Waals surface area contributed by atoms with E-state index in [1.807, 2.05) is 23.5 Å². The van der Waals surface area contributed by atoms with Crippen molar-refractivity contribution in [3.8, 4) is 22.5 Å². The third-order valence-corrected chi connectivity index (χ3v) is 10.7. The molecule has 0 atom stereocenters. The molecule has 7 aromatic carbocycles. The quantitative estimate of drug-likeness (QED) is 0.176. The lowest BCUT2D eigenvalue weighted by molar-refractivity contribution is 1.17. The molecule has 4 heteroatoms. The molecule has 0 spiro atoms. The Hall–Kier alpha value is -6.15. The number of thiophene rings is 1. The Labute approximate surface area is 274 Å². The minimum absolute atomic E-state index is 0.628. The van der Waals surface area contributed by atoms with E-state index >= 15 is 0 Å². The lowest BCUT2D eigenvalue weighted by Crippen LogP contribution is -1.99. The van der Waals surface area contributed by atoms with E-state index < -0.39 is 0 Å². The number of fused-ring (bicyclic) bond motifs is 9. The molecule has 0 saturated carbocycles. The zero-order valence-corrected chi connectivity index (χ0v) is 26.0. The molecule has 0 aliphatic carbocycles. The fourth-order valence-corrected chi connectivity index (χ4v) is 8.66. The second-order valence-corrected chi connectivity index (χ2v) is 13.1. The van der Waals surface area contributed by atoms with Crippen LogP contribution in [0.5, 0.6) is 0 Å². The third kappa shape index (κ3) is 3.72. The van der Waals surface area contributed by atoms with E-state index in [2.05, 4.69) is 154 Å². The van der Waals surface area contributed by atoms with Gasteiger partial charge in [-0.15, -0.1) is 11.3 Å². The second kappa shape index (κ2) is 9.92. The molecule has 0 saturated heterocycles. The van der Waals surface area contributed by atoms with Gasteiger partial charge in [0.2, 0.25) is 5.69 Å². The van der Waals surface area contributed by atoms with Gasteiger partial charge < -0.3 is 9.13 Å². The van der Waals surface area contributed by atoms with Gasteiger partial charge in [-0.3, -0.25) is 0 Å². The summed E-state index contributed by atoms with van der Waals surface area (Å²) in [6, 6.07) is 54.0. The molecule has 0 aliphatic heterocycles. The van der Waals surface area contributed by atoms with E-state index in [0.717, 1.165) is 33.5 Å². The molecule has 10 aromatic rings. The standard InChI is InChI=1S/C43H25N3S/c1-44-36-19-11-18-29(43(36)46-38-21-7-2-14-30(38)31-15-3-8-22-39(31)46)27-12-10-13-28(24-27)45-37-20-6-4-16-32(37)34-26-42-35(25-40(34)45)33-17-5-9-23-41(33)47-42/h2-26H. The fourth-order valence-electron chi connectivity index (χ4n) is 7.53. The molecule has 0 radical (unpaired) electrons. The van der Waals surface area contributed by atoms with Crippen LogP contribution in [0.25, 0.3) is 91.1 Å². The summed E-state index contributed by atoms with van der Waals surface area (Å²) in [7, 11) is 0. The van der Waals surface area contributed by atoms with Gasteiger partial charge in [-0.2, -0.15) is 0 Å². The van der Waals surface area contributed by atoms with Gasteiger partial charge in [0.25, 0.3) is 0 Å². The third-order valence-electron chi connectivity index (χ3n) is 9.53. The SMILES string of the molecule is [C-]#[N+]c1cccc(-c2cccc(-n3c4ccccc4c4cc5sc6ccccc6c5cc43)c2)c1-n1c2ccccc2c2ccccc21. The number of rotatable bonds is 3. The maximum absolute atomic E-state index is 8.22. The molecule has 10 rings (SSSR count). The minimum atomic E-state index is 0.628. The summed E-state index contributed by atoms with van der Waals surface area (Å²) in [4.78, 5) is 4.05. The molecule has 0 unspecified atom stereocenters. The first-order valence-corrected chi connectivity index (χ1v) is 16.5. The van der Waals surface area contributed by atoms with Gasteiger partial charge in [0.15, 0.2) is 0 Å². The predicted octanol–water partition coefficient (Wildman–Crippen LogP) is 12.5. The van der Waals surface area contributed by atoms with Crippen LogP contribution in [0.1, 0.15) is 0 Å². The zero-order chi connectivity index (χ0) is 31.1. The first-order chi connectivity index (χ1) is 23.3. The molecule has 3 nitrogen and oxygen atoms in total. The second-order valence-electron chi connectivity index (χ2n) is 12.0. The van der Waals surface area contributed by atoms with Crippen molar-refractivity contribution < 1.29 is 0 Å². The monoisotopic (exact) mass is 615 g/mol. The van der Waals surface area contributed by atoms with Gasteiger partial charge in [-0.05, 0) is 59.7 Å². The molecule has 3 heterocycles. The average Bonchev–Trinajstić information content (AvgIpc) is 3.77. The minimum Gasteiger partial charge on any atom is -0.318 e. The number of para-hydroxylation sites is 4. The van der Waals surface area contributed by atoms with Gasteiger partial charge in [0.1, 0.15) is 0 Å². The first kappa shape index (κ1) is 26.1. The summed E-state index contributed by atoms with van der Waals surface area (Å²) in [6.07, 6.45) is 0. The van der Waals surface area contributed by atoms with Crippen molar-refractivity contribution in [2.75, 3.05) is 0 Å². The molecule has 0 N–H and O–H groups in total. The van der Waals surface area contributed by atoms with E-state index in [-0.39, 0.29) is 0 Å². The number of hydrogen-bond acceptors (Lipinski definition) is 1. The van der Waals surface area contributed by atoms with Gasteiger partial charge in [0, 0.05) is 47.4 Å². The summed E-state index contributed by atoms with van der Waals surface area (Å²) in [6.45, 7) is 8.22. The smallest absolute Gasteiger partial charge is 0.211 e. The van der Waals surface area contributed by atoms with E-state index in [1.165, 1.54) is 52.8 Å². The van der Waals surface area contributed by atoms with Crippen LogP contribution in [-0.4, -0.2) is 9.13 Å². The molecule has 218 valence electrons. The largest absolute Gasteiger partial charge is 0.318 e. The predicted molar refractivity (Wildman–Crippen MR) is 200 cm³/mol. The fraction of sp³-hybridized carbons (Fsp3) is 0. The number of aromatic nitrogens is 2. The van der Waals surface area contributed by atoms with Crippen molar-refractivity contribution in [1.29, 1.82) is 0 Å². The molecule has 0 aliphatic rings. The summed E-state index contributed by atoms with van der Waals surface area (Å²) in [5.41, 5.74) is 9.28. The van der Waals surface area contributed by atoms with Crippen molar-refractivity contribution >= 4 is 80.8 Å². The van der Waals surface area contributed by atoms with Crippen LogP contribution in [0, 0.1) is 6.57 Å². The zero-order valence-electron chi connectivity index (χ0n) is 25.2. The Morgan fingerprint density at radius 1 is 0.447 bits per heavy atom. The van der Waals surface area contributed by atoms with Crippen LogP contribution < -0.4 is 0 Å². The number of benzene rings is 7. The van der Waals surface area contributed by atoms with Crippen LogP contribution in [0.4, 0.5) is 5.69 Å². The van der Waals surface area contributed by atoms with Crippen molar-refractivity contribution in [3.63, 3.8) is 0 Å². The first-order valence-electron chi connectivity index (χ1n) is 15.7. The van der Waals surface area contributed by atoms with Gasteiger partial charge in [-0.1, -0.05) is 103 Å². The van der Waals surface area contributed by atoms with Crippen molar-refractivity contribution in [2.45, 2.75) is 0 Å². The van der Waals surface area contributed by atoms with Gasteiger partial charge >= 0.3 is 0 Å². The maximum atomic E-state index is 8.22. The Morgan fingerprint density at radius 3 is 1.79 bits per heavy atom. The Balaban J connectivity index is 1.26. The average molecular weight is 616 g/mol. The van der Waals surface area contributed by atoms with E-state index in [9.17, 15) is 0 Å². The lowest BCUT2D eigenvalue weighted by atomic mass is 10.0. The number of hydrogen-bond donors (Lipinski definition) is 0. The number of nitrogens with zero attached hydrogens (tertiary/aromatic N) is 3. The maximum Gasteiger partial charge on any atom is 0.211 e. The lowest BCUT2D eigenvalue weighted by Gasteiger charge is -2.17. The van der Waals surface area contributed by atoms with Crippen LogP contribution in [0.15, 0.2) is 152 Å². The van der Waals surface area contributed by atoms with Crippen molar-refractivity contribution in [2.24, 2.45) is 0 Å². The molecule has 0 fully saturated rings. The summed E-state index contributed by atoms with van der Waals surface area (Å²) in [5.74, 6) is 0. The van der Waals surface area contributed by atoms with Crippen LogP contribution in [0.2, 0.25) is 0 Å². The molecular weight excluding hydrogens is 591 g/mol. The van der Waals surface area contributed by atoms with Crippen molar-refractivity contribution in [3.05, 3.63) is 163 Å². The Morgan fingerprint density at radius 2 is 1.06 bits per heavy atom. The normalized spacial score (nSPS) is 11.8. The summed E-state index contributed by atoms with van der Waals surface area (Å²) in [5, 5.41) is 7.45. The van der Waals surface area contributed by atoms with Crippen LogP contribution >= 0.6 is 11.3 Å². The summed E-state index contributed by atoms with van der Waals surface area (Å²) >= 11 is 1.86. The molecule has 0 amide bonds. The Bertz CT molecular complexity index is 2880. The van der Waals surface area contributed by atoms with Gasteiger partial charge in [0.05, 0.1) is 34.3 Å². The Kier molecular flexibility index (Phi) is 5.51. The van der Waals surface area contributed by atoms with Gasteiger partial charge in [-0.25, -0.2) is 4.85 Å². The van der Waals surface area contributed by atoms with E-state index in [4.69, 9.17) is 6.57 Å². The summed E-state index contributed by atoms with van der Waals surface area (Å²) < 4.78 is 7.30. The highest BCUT2D eigenvalue weighted by atomic mass is 32.1. The molecule has 47 heavy (non-hydrogen) atoms. The van der Waals surface area contributed by atoms with Crippen LogP contribution in [-0.2, 0) is 0 Å². The topological polar surface area (TPSA) is 14.2 Å². The molecule has 0 bridgehead atoms. The molecular formula is C43H25N3S. The molecule has 3 aromatic heterocycles. The van der Waals surface area contributed by atoms with Crippen molar-refractivity contribution in [1.82, 2.24) is 9.13 Å². The van der Waals surface area contributed by atoms with Crippen LogP contribution in [0.3, 0.4) is 0 Å². The highest BCUT2D eigenvalue weighted by molar-refractivity contribution is 7.25.